The summed E-state index contributed by atoms with van der Waals surface area (Å²) in [7, 11) is 0. The molecule has 1 amide bonds. The lowest BCUT2D eigenvalue weighted by Gasteiger charge is -2.19. The average molecular weight is 286 g/mol. The Kier molecular flexibility index (Phi) is 5.25. The molecule has 1 aromatic heterocycles. The van der Waals surface area contributed by atoms with Gasteiger partial charge in [0.05, 0.1) is 11.0 Å². The number of nitrogens with one attached hydrogen (secondary N) is 1. The van der Waals surface area contributed by atoms with E-state index < -0.39 is 0 Å². The topological polar surface area (TPSA) is 45.2 Å². The van der Waals surface area contributed by atoms with Gasteiger partial charge in [0.1, 0.15) is 5.82 Å². The number of rotatable bonds is 5. The minimum atomic E-state index is 0.0857. The van der Waals surface area contributed by atoms with Crippen molar-refractivity contribution in [2.45, 2.75) is 13.8 Å². The molecule has 5 heteroatoms. The van der Waals surface area contributed by atoms with Crippen LogP contribution in [-0.2, 0) is 4.79 Å². The summed E-state index contributed by atoms with van der Waals surface area (Å²) in [4.78, 5) is 17.6. The van der Waals surface area contributed by atoms with E-state index >= 15 is 0 Å². The first-order valence-corrected chi connectivity index (χ1v) is 6.10. The molecular formula is C11H16BrN3O. The Balaban J connectivity index is 2.52. The summed E-state index contributed by atoms with van der Waals surface area (Å²) in [6.07, 6.45) is 1.69. The number of carbonyl (C=O) groups is 1. The van der Waals surface area contributed by atoms with Crippen LogP contribution in [0.15, 0.2) is 22.8 Å². The van der Waals surface area contributed by atoms with Gasteiger partial charge in [-0.1, -0.05) is 0 Å². The van der Waals surface area contributed by atoms with Crippen LogP contribution in [0.25, 0.3) is 0 Å². The number of anilines is 1. The van der Waals surface area contributed by atoms with Gasteiger partial charge in [-0.05, 0) is 41.9 Å². The third-order valence-corrected chi connectivity index (χ3v) is 2.92. The number of carbonyl (C=O) groups excluding carboxylic acids is 1. The van der Waals surface area contributed by atoms with Crippen molar-refractivity contribution in [3.63, 3.8) is 0 Å². The Bertz CT molecular complexity index is 353. The van der Waals surface area contributed by atoms with Crippen LogP contribution in [-0.4, -0.2) is 35.4 Å². The van der Waals surface area contributed by atoms with Gasteiger partial charge in [0.25, 0.3) is 0 Å². The summed E-state index contributed by atoms with van der Waals surface area (Å²) >= 11 is 3.37. The van der Waals surface area contributed by atoms with Crippen molar-refractivity contribution in [1.29, 1.82) is 0 Å². The first kappa shape index (κ1) is 13.0. The van der Waals surface area contributed by atoms with Crippen LogP contribution >= 0.6 is 15.9 Å². The van der Waals surface area contributed by atoms with E-state index in [0.717, 1.165) is 17.6 Å². The maximum Gasteiger partial charge on any atom is 0.241 e. The smallest absolute Gasteiger partial charge is 0.241 e. The van der Waals surface area contributed by atoms with Crippen molar-refractivity contribution >= 4 is 27.7 Å². The summed E-state index contributed by atoms with van der Waals surface area (Å²) in [5.41, 5.74) is 0. The minimum absolute atomic E-state index is 0.0857. The molecule has 16 heavy (non-hydrogen) atoms. The number of hydrogen-bond donors (Lipinski definition) is 1. The van der Waals surface area contributed by atoms with Crippen LogP contribution in [0, 0.1) is 0 Å². The number of pyridine rings is 1. The van der Waals surface area contributed by atoms with E-state index in [9.17, 15) is 4.79 Å². The van der Waals surface area contributed by atoms with Crippen molar-refractivity contribution < 1.29 is 4.79 Å². The Morgan fingerprint density at radius 3 is 2.75 bits per heavy atom. The van der Waals surface area contributed by atoms with E-state index in [4.69, 9.17) is 0 Å². The Labute approximate surface area is 104 Å². The molecule has 0 radical (unpaired) electrons. The molecule has 1 rings (SSSR count). The van der Waals surface area contributed by atoms with Gasteiger partial charge in [-0.25, -0.2) is 4.98 Å². The highest BCUT2D eigenvalue weighted by Crippen LogP contribution is 2.17. The van der Waals surface area contributed by atoms with E-state index in [1.54, 1.807) is 11.1 Å². The lowest BCUT2D eigenvalue weighted by molar-refractivity contribution is -0.128. The van der Waals surface area contributed by atoms with Gasteiger partial charge >= 0.3 is 0 Å². The van der Waals surface area contributed by atoms with Crippen molar-refractivity contribution in [2.24, 2.45) is 0 Å². The zero-order valence-corrected chi connectivity index (χ0v) is 11.1. The highest BCUT2D eigenvalue weighted by atomic mass is 79.9. The predicted octanol–water partition coefficient (Wildman–Crippen LogP) is 2.12. The van der Waals surface area contributed by atoms with Crippen LogP contribution in [0.3, 0.4) is 0 Å². The van der Waals surface area contributed by atoms with Crippen molar-refractivity contribution in [2.75, 3.05) is 25.0 Å². The zero-order chi connectivity index (χ0) is 12.0. The Morgan fingerprint density at radius 1 is 1.50 bits per heavy atom. The summed E-state index contributed by atoms with van der Waals surface area (Å²) in [6.45, 7) is 5.69. The molecule has 0 aliphatic heterocycles. The van der Waals surface area contributed by atoms with Crippen molar-refractivity contribution in [1.82, 2.24) is 9.88 Å². The van der Waals surface area contributed by atoms with E-state index in [2.05, 4.69) is 26.2 Å². The second-order valence-corrected chi connectivity index (χ2v) is 4.11. The van der Waals surface area contributed by atoms with Gasteiger partial charge in [-0.15, -0.1) is 0 Å². The normalized spacial score (nSPS) is 9.94. The maximum absolute atomic E-state index is 11.7. The summed E-state index contributed by atoms with van der Waals surface area (Å²) in [5.74, 6) is 0.783. The van der Waals surface area contributed by atoms with Crippen LogP contribution < -0.4 is 5.32 Å². The fourth-order valence-corrected chi connectivity index (χ4v) is 1.76. The van der Waals surface area contributed by atoms with Crippen molar-refractivity contribution in [3.8, 4) is 0 Å². The molecule has 0 atom stereocenters. The highest BCUT2D eigenvalue weighted by Gasteiger charge is 2.09. The molecule has 0 unspecified atom stereocenters. The van der Waals surface area contributed by atoms with E-state index in [1.165, 1.54) is 0 Å². The third kappa shape index (κ3) is 3.48. The minimum Gasteiger partial charge on any atom is -0.360 e. The number of nitrogens with zero attached hydrogens (tertiary/aromatic N) is 2. The van der Waals surface area contributed by atoms with Crippen LogP contribution in [0.1, 0.15) is 13.8 Å². The molecule has 1 N–H and O–H groups in total. The van der Waals surface area contributed by atoms with E-state index in [0.29, 0.717) is 5.82 Å². The van der Waals surface area contributed by atoms with Crippen LogP contribution in [0.4, 0.5) is 5.82 Å². The third-order valence-electron chi connectivity index (χ3n) is 2.28. The summed E-state index contributed by atoms with van der Waals surface area (Å²) < 4.78 is 0.863. The predicted molar refractivity (Wildman–Crippen MR) is 68.4 cm³/mol. The number of halogens is 1. The number of likely N-dealkylation sites (N-methyl/N-ethyl adjacent to an activating group) is 1. The average Bonchev–Trinajstić information content (AvgIpc) is 2.29. The zero-order valence-electron chi connectivity index (χ0n) is 9.53. The molecule has 0 fully saturated rings. The summed E-state index contributed by atoms with van der Waals surface area (Å²) in [6, 6.07) is 3.72. The van der Waals surface area contributed by atoms with Crippen LogP contribution in [0.2, 0.25) is 0 Å². The fourth-order valence-electron chi connectivity index (χ4n) is 1.36. The standard InChI is InChI=1S/C11H16BrN3O/c1-3-15(4-2)10(16)8-14-11-9(12)6-5-7-13-11/h5-7H,3-4,8H2,1-2H3,(H,13,14). The van der Waals surface area contributed by atoms with E-state index in [-0.39, 0.29) is 12.5 Å². The number of aromatic nitrogens is 1. The molecule has 0 aromatic carbocycles. The van der Waals surface area contributed by atoms with Gasteiger partial charge in [0.2, 0.25) is 5.91 Å². The quantitative estimate of drug-likeness (QED) is 0.902. The molecule has 1 heterocycles. The van der Waals surface area contributed by atoms with Gasteiger partial charge in [-0.2, -0.15) is 0 Å². The molecule has 0 bridgehead atoms. The Morgan fingerprint density at radius 2 is 2.19 bits per heavy atom. The highest BCUT2D eigenvalue weighted by molar-refractivity contribution is 9.10. The molecular weight excluding hydrogens is 270 g/mol. The maximum atomic E-state index is 11.7. The molecule has 0 aliphatic rings. The second-order valence-electron chi connectivity index (χ2n) is 3.25. The number of hydrogen-bond acceptors (Lipinski definition) is 3. The molecule has 0 aliphatic carbocycles. The molecule has 1 aromatic rings. The molecule has 0 spiro atoms. The first-order chi connectivity index (χ1) is 7.69. The van der Waals surface area contributed by atoms with Gasteiger partial charge < -0.3 is 10.2 Å². The van der Waals surface area contributed by atoms with Gasteiger partial charge in [-0.3, -0.25) is 4.79 Å². The molecule has 0 saturated carbocycles. The molecule has 88 valence electrons. The van der Waals surface area contributed by atoms with Crippen molar-refractivity contribution in [3.05, 3.63) is 22.8 Å². The lowest BCUT2D eigenvalue weighted by Crippen LogP contribution is -2.35. The Hall–Kier alpha value is -1.10. The van der Waals surface area contributed by atoms with E-state index in [1.807, 2.05) is 26.0 Å². The monoisotopic (exact) mass is 285 g/mol. The largest absolute Gasteiger partial charge is 0.360 e. The first-order valence-electron chi connectivity index (χ1n) is 5.31. The van der Waals surface area contributed by atoms with Crippen LogP contribution in [0.5, 0.6) is 0 Å². The molecule has 4 nitrogen and oxygen atoms in total. The van der Waals surface area contributed by atoms with Gasteiger partial charge in [0, 0.05) is 19.3 Å². The number of amides is 1. The lowest BCUT2D eigenvalue weighted by atomic mass is 10.4. The van der Waals surface area contributed by atoms with Gasteiger partial charge in [0.15, 0.2) is 0 Å². The fraction of sp³-hybridized carbons (Fsp3) is 0.455. The molecule has 0 saturated heterocycles. The SMILES string of the molecule is CCN(CC)C(=O)CNc1ncccc1Br. The second kappa shape index (κ2) is 6.48. The summed E-state index contributed by atoms with van der Waals surface area (Å²) in [5, 5.41) is 3.01.